The van der Waals surface area contributed by atoms with Crippen LogP contribution in [0.5, 0.6) is 0 Å². The maximum atomic E-state index is 11.0. The van der Waals surface area contributed by atoms with Crippen molar-refractivity contribution in [2.24, 2.45) is 10.2 Å². The number of cyclic esters (lactones) is 1. The lowest BCUT2D eigenvalue weighted by Gasteiger charge is -2.13. The number of amides is 1. The number of hydrogen-bond donors (Lipinski definition) is 1. The molecular formula is C12H13N3O2. The predicted octanol–water partition coefficient (Wildman–Crippen LogP) is 1.94. The van der Waals surface area contributed by atoms with E-state index in [4.69, 9.17) is 4.74 Å². The summed E-state index contributed by atoms with van der Waals surface area (Å²) in [4.78, 5) is 11.0. The van der Waals surface area contributed by atoms with Gasteiger partial charge in [-0.05, 0) is 19.4 Å². The summed E-state index contributed by atoms with van der Waals surface area (Å²) in [6, 6.07) is 9.59. The van der Waals surface area contributed by atoms with Gasteiger partial charge in [0.1, 0.15) is 0 Å². The number of nitrogens with one attached hydrogen (secondary N) is 1. The molecule has 1 amide bonds. The zero-order valence-corrected chi connectivity index (χ0v) is 9.68. The van der Waals surface area contributed by atoms with Crippen LogP contribution < -0.4 is 5.32 Å². The average molecular weight is 231 g/mol. The molecule has 1 saturated heterocycles. The van der Waals surface area contributed by atoms with Gasteiger partial charge in [-0.1, -0.05) is 30.3 Å². The molecule has 88 valence electrons. The molecule has 1 N–H and O–H groups in total. The van der Waals surface area contributed by atoms with Gasteiger partial charge in [0.15, 0.2) is 11.4 Å². The first kappa shape index (κ1) is 11.3. The Balaban J connectivity index is 2.11. The van der Waals surface area contributed by atoms with Gasteiger partial charge in [0.25, 0.3) is 0 Å². The number of amidine groups is 1. The van der Waals surface area contributed by atoms with E-state index < -0.39 is 11.7 Å². The summed E-state index contributed by atoms with van der Waals surface area (Å²) in [6.45, 7) is 3.50. The highest BCUT2D eigenvalue weighted by Crippen LogP contribution is 2.16. The summed E-state index contributed by atoms with van der Waals surface area (Å²) in [6.07, 6.45) is 1.12. The number of hydrogen-bond acceptors (Lipinski definition) is 4. The number of ether oxygens (including phenoxy) is 1. The van der Waals surface area contributed by atoms with Crippen LogP contribution in [0.25, 0.3) is 0 Å². The van der Waals surface area contributed by atoms with Crippen LogP contribution in [-0.4, -0.2) is 23.7 Å². The molecular weight excluding hydrogens is 218 g/mol. The molecule has 0 atom stereocenters. The molecule has 1 heterocycles. The first-order chi connectivity index (χ1) is 8.08. The van der Waals surface area contributed by atoms with Crippen LogP contribution in [0.1, 0.15) is 19.4 Å². The molecule has 1 aromatic rings. The first-order valence-corrected chi connectivity index (χ1v) is 5.24. The van der Waals surface area contributed by atoms with Crippen molar-refractivity contribution in [2.75, 3.05) is 0 Å². The van der Waals surface area contributed by atoms with E-state index in [1.165, 1.54) is 0 Å². The summed E-state index contributed by atoms with van der Waals surface area (Å²) in [5.74, 6) is 0.412. The van der Waals surface area contributed by atoms with Crippen molar-refractivity contribution in [3.63, 3.8) is 0 Å². The Bertz CT molecular complexity index is 478. The highest BCUT2D eigenvalue weighted by molar-refractivity contribution is 6.05. The minimum Gasteiger partial charge on any atom is -0.435 e. The first-order valence-electron chi connectivity index (χ1n) is 5.24. The molecule has 1 aromatic carbocycles. The van der Waals surface area contributed by atoms with E-state index in [0.717, 1.165) is 5.56 Å². The molecule has 0 bridgehead atoms. The van der Waals surface area contributed by atoms with E-state index in [-0.39, 0.29) is 0 Å². The van der Waals surface area contributed by atoms with E-state index in [1.54, 1.807) is 20.1 Å². The molecule has 2 rings (SSSR count). The van der Waals surface area contributed by atoms with Crippen molar-refractivity contribution < 1.29 is 9.53 Å². The number of benzene rings is 1. The van der Waals surface area contributed by atoms with Crippen molar-refractivity contribution in [2.45, 2.75) is 19.4 Å². The smallest absolute Gasteiger partial charge is 0.413 e. The lowest BCUT2D eigenvalue weighted by atomic mass is 10.1. The lowest BCUT2D eigenvalue weighted by Crippen LogP contribution is -2.32. The summed E-state index contributed by atoms with van der Waals surface area (Å²) >= 11 is 0. The van der Waals surface area contributed by atoms with Gasteiger partial charge in [-0.25, -0.2) is 4.79 Å². The summed E-state index contributed by atoms with van der Waals surface area (Å²) in [7, 11) is 0. The van der Waals surface area contributed by atoms with Crippen LogP contribution in [0.15, 0.2) is 40.5 Å². The van der Waals surface area contributed by atoms with E-state index in [9.17, 15) is 4.79 Å². The van der Waals surface area contributed by atoms with Crippen LogP contribution >= 0.6 is 0 Å². The lowest BCUT2D eigenvalue weighted by molar-refractivity contribution is 0.109. The Morgan fingerprint density at radius 2 is 2.00 bits per heavy atom. The molecule has 5 nitrogen and oxygen atoms in total. The predicted molar refractivity (Wildman–Crippen MR) is 65.2 cm³/mol. The minimum absolute atomic E-state index is 0.412. The SMILES string of the molecule is CC1(C)OC(=O)N/C1=N/N=C/c1ccccc1. The maximum Gasteiger partial charge on any atom is 0.413 e. The number of rotatable bonds is 2. The van der Waals surface area contributed by atoms with Crippen molar-refractivity contribution in [3.8, 4) is 0 Å². The van der Waals surface area contributed by atoms with E-state index in [0.29, 0.717) is 5.84 Å². The average Bonchev–Trinajstić information content (AvgIpc) is 2.53. The largest absolute Gasteiger partial charge is 0.435 e. The Labute approximate surface area is 99.2 Å². The monoisotopic (exact) mass is 231 g/mol. The Morgan fingerprint density at radius 1 is 1.29 bits per heavy atom. The van der Waals surface area contributed by atoms with E-state index in [1.807, 2.05) is 30.3 Å². The van der Waals surface area contributed by atoms with Gasteiger partial charge in [0.2, 0.25) is 0 Å². The second-order valence-electron chi connectivity index (χ2n) is 4.13. The highest BCUT2D eigenvalue weighted by Gasteiger charge is 2.38. The normalized spacial score (nSPS) is 20.6. The summed E-state index contributed by atoms with van der Waals surface area (Å²) in [5, 5.41) is 10.4. The Hall–Kier alpha value is -2.17. The molecule has 0 aliphatic carbocycles. The fourth-order valence-corrected chi connectivity index (χ4v) is 1.39. The zero-order valence-electron chi connectivity index (χ0n) is 9.68. The van der Waals surface area contributed by atoms with Crippen LogP contribution in [0.3, 0.4) is 0 Å². The van der Waals surface area contributed by atoms with Crippen molar-refractivity contribution >= 4 is 18.1 Å². The van der Waals surface area contributed by atoms with Crippen LogP contribution in [0, 0.1) is 0 Å². The molecule has 0 unspecified atom stereocenters. The molecule has 1 aliphatic heterocycles. The topological polar surface area (TPSA) is 63.0 Å². The number of alkyl carbamates (subject to hydrolysis) is 1. The number of carbonyl (C=O) groups excluding carboxylic acids is 1. The minimum atomic E-state index is -0.745. The van der Waals surface area contributed by atoms with Gasteiger partial charge < -0.3 is 4.74 Å². The number of carbonyl (C=O) groups is 1. The van der Waals surface area contributed by atoms with Gasteiger partial charge in [0, 0.05) is 0 Å². The summed E-state index contributed by atoms with van der Waals surface area (Å²) in [5.41, 5.74) is 0.199. The second kappa shape index (κ2) is 4.37. The third-order valence-electron chi connectivity index (χ3n) is 2.30. The molecule has 5 heteroatoms. The van der Waals surface area contributed by atoms with Gasteiger partial charge in [0.05, 0.1) is 6.21 Å². The van der Waals surface area contributed by atoms with Crippen LogP contribution in [0.4, 0.5) is 4.79 Å². The van der Waals surface area contributed by atoms with Crippen LogP contribution in [0.2, 0.25) is 0 Å². The third kappa shape index (κ3) is 2.69. The Morgan fingerprint density at radius 3 is 2.59 bits per heavy atom. The van der Waals surface area contributed by atoms with Gasteiger partial charge >= 0.3 is 6.09 Å². The number of nitrogens with zero attached hydrogens (tertiary/aromatic N) is 2. The van der Waals surface area contributed by atoms with Gasteiger partial charge in [-0.3, -0.25) is 5.32 Å². The zero-order chi connectivity index (χ0) is 12.3. The molecule has 0 saturated carbocycles. The summed E-state index contributed by atoms with van der Waals surface area (Å²) < 4.78 is 5.01. The quantitative estimate of drug-likeness (QED) is 0.624. The van der Waals surface area contributed by atoms with Crippen LogP contribution in [-0.2, 0) is 4.74 Å². The van der Waals surface area contributed by atoms with Gasteiger partial charge in [-0.2, -0.15) is 5.10 Å². The highest BCUT2D eigenvalue weighted by atomic mass is 16.6. The van der Waals surface area contributed by atoms with E-state index >= 15 is 0 Å². The molecule has 0 aromatic heterocycles. The fraction of sp³-hybridized carbons (Fsp3) is 0.250. The van der Waals surface area contributed by atoms with Gasteiger partial charge in [-0.15, -0.1) is 5.10 Å². The van der Waals surface area contributed by atoms with Crippen molar-refractivity contribution in [3.05, 3.63) is 35.9 Å². The molecule has 17 heavy (non-hydrogen) atoms. The molecule has 0 radical (unpaired) electrons. The third-order valence-corrected chi connectivity index (χ3v) is 2.30. The molecule has 0 spiro atoms. The van der Waals surface area contributed by atoms with E-state index in [2.05, 4.69) is 15.5 Å². The molecule has 1 fully saturated rings. The maximum absolute atomic E-state index is 11.0. The Kier molecular flexibility index (Phi) is 2.91. The standard InChI is InChI=1S/C12H13N3O2/c1-12(2)10(14-11(16)17-12)15-13-8-9-6-4-3-5-7-9/h3-8H,1-2H3,(H,14,15,16)/b13-8+. The second-order valence-corrected chi connectivity index (χ2v) is 4.13. The van der Waals surface area contributed by atoms with Crippen molar-refractivity contribution in [1.82, 2.24) is 5.32 Å². The molecule has 1 aliphatic rings. The fourth-order valence-electron chi connectivity index (χ4n) is 1.39. The van der Waals surface area contributed by atoms with Crippen molar-refractivity contribution in [1.29, 1.82) is 0 Å².